The lowest BCUT2D eigenvalue weighted by Gasteiger charge is -2.34. The predicted molar refractivity (Wildman–Crippen MR) is 108 cm³/mol. The molecule has 2 unspecified atom stereocenters. The number of carbonyl (C=O) groups is 1. The van der Waals surface area contributed by atoms with Gasteiger partial charge in [0.2, 0.25) is 5.95 Å². The third kappa shape index (κ3) is 3.73. The molecule has 3 aliphatic rings. The number of rotatable bonds is 4. The first-order valence-corrected chi connectivity index (χ1v) is 10.4. The first-order chi connectivity index (χ1) is 14.7. The van der Waals surface area contributed by atoms with E-state index in [2.05, 4.69) is 26.3 Å². The van der Waals surface area contributed by atoms with E-state index in [1.807, 2.05) is 12.1 Å². The quantitative estimate of drug-likeness (QED) is 0.652. The molecule has 1 saturated carbocycles. The Hall–Kier alpha value is -2.75. The summed E-state index contributed by atoms with van der Waals surface area (Å²) in [6, 6.07) is 6.05. The molecule has 5 rings (SSSR count). The molecule has 2 N–H and O–H groups in total. The second-order valence-corrected chi connectivity index (χ2v) is 8.56. The van der Waals surface area contributed by atoms with Gasteiger partial charge in [-0.15, -0.1) is 0 Å². The van der Waals surface area contributed by atoms with Crippen molar-refractivity contribution in [3.8, 4) is 0 Å². The van der Waals surface area contributed by atoms with Crippen LogP contribution in [0.1, 0.15) is 36.3 Å². The van der Waals surface area contributed by atoms with E-state index in [-0.39, 0.29) is 18.0 Å². The zero-order valence-electron chi connectivity index (χ0n) is 16.2. The van der Waals surface area contributed by atoms with E-state index < -0.39 is 23.0 Å². The van der Waals surface area contributed by atoms with E-state index in [1.165, 1.54) is 4.90 Å². The number of alkyl halides is 3. The highest BCUT2D eigenvalue weighted by molar-refractivity contribution is 6.30. The van der Waals surface area contributed by atoms with Gasteiger partial charge in [0, 0.05) is 36.7 Å². The molecule has 3 heterocycles. The minimum Gasteiger partial charge on any atom is -0.465 e. The van der Waals surface area contributed by atoms with Crippen molar-refractivity contribution in [2.24, 2.45) is 0 Å². The van der Waals surface area contributed by atoms with E-state index in [0.29, 0.717) is 25.2 Å². The number of benzene rings is 1. The number of hydrogen-bond donors (Lipinski definition) is 2. The van der Waals surface area contributed by atoms with Crippen molar-refractivity contribution in [3.05, 3.63) is 40.7 Å². The summed E-state index contributed by atoms with van der Waals surface area (Å²) in [5.74, 6) is 0.368. The van der Waals surface area contributed by atoms with Gasteiger partial charge in [0.25, 0.3) is 0 Å². The van der Waals surface area contributed by atoms with Crippen LogP contribution < -0.4 is 10.2 Å². The molecule has 1 amide bonds. The molecule has 2 bridgehead atoms. The van der Waals surface area contributed by atoms with Crippen molar-refractivity contribution >= 4 is 35.0 Å². The summed E-state index contributed by atoms with van der Waals surface area (Å²) in [7, 11) is 0. The number of carboxylic acid groups (broad SMARTS) is 1. The largest absolute Gasteiger partial charge is 0.465 e. The highest BCUT2D eigenvalue weighted by atomic mass is 35.5. The molecule has 164 valence electrons. The minimum absolute atomic E-state index is 0.00461. The van der Waals surface area contributed by atoms with E-state index >= 15 is 0 Å². The average Bonchev–Trinajstić information content (AvgIpc) is 3.34. The van der Waals surface area contributed by atoms with Crippen LogP contribution in [0.2, 0.25) is 5.15 Å². The van der Waals surface area contributed by atoms with Crippen LogP contribution in [0.15, 0.2) is 24.4 Å². The Bertz CT molecular complexity index is 1050. The smallest absolute Gasteiger partial charge is 0.420 e. The van der Waals surface area contributed by atoms with Gasteiger partial charge in [0.15, 0.2) is 0 Å². The SMILES string of the molecule is O=C(O)N1CC2CC1CN2c1ccc(Nc2ncc(C(F)(F)F)c(Cl)n2)c(C2CC2)c1. The van der Waals surface area contributed by atoms with Crippen molar-refractivity contribution in [2.45, 2.75) is 43.4 Å². The minimum atomic E-state index is -4.61. The Kier molecular flexibility index (Phi) is 4.65. The monoisotopic (exact) mass is 453 g/mol. The van der Waals surface area contributed by atoms with Crippen LogP contribution >= 0.6 is 11.6 Å². The number of amides is 1. The van der Waals surface area contributed by atoms with Gasteiger partial charge in [-0.05, 0) is 48.9 Å². The molecule has 2 aromatic rings. The van der Waals surface area contributed by atoms with Gasteiger partial charge in [-0.3, -0.25) is 0 Å². The molecule has 2 atom stereocenters. The van der Waals surface area contributed by atoms with Crippen LogP contribution in [0.25, 0.3) is 0 Å². The summed E-state index contributed by atoms with van der Waals surface area (Å²) in [5, 5.41) is 11.7. The molecule has 1 aliphatic carbocycles. The number of aromatic nitrogens is 2. The molecule has 1 aromatic carbocycles. The summed E-state index contributed by atoms with van der Waals surface area (Å²) < 4.78 is 38.7. The summed E-state index contributed by atoms with van der Waals surface area (Å²) in [6.07, 6.45) is -1.92. The maximum Gasteiger partial charge on any atom is 0.420 e. The van der Waals surface area contributed by atoms with Crippen molar-refractivity contribution < 1.29 is 23.1 Å². The van der Waals surface area contributed by atoms with Gasteiger partial charge in [0.05, 0.1) is 6.04 Å². The normalized spacial score (nSPS) is 22.8. The third-order valence-corrected chi connectivity index (χ3v) is 6.45. The number of piperazine rings is 1. The summed E-state index contributed by atoms with van der Waals surface area (Å²) in [6.45, 7) is 1.15. The van der Waals surface area contributed by atoms with Crippen molar-refractivity contribution in [2.75, 3.05) is 23.3 Å². The molecule has 31 heavy (non-hydrogen) atoms. The van der Waals surface area contributed by atoms with Crippen molar-refractivity contribution in [1.82, 2.24) is 14.9 Å². The Labute approximate surface area is 180 Å². The fourth-order valence-corrected chi connectivity index (χ4v) is 4.76. The molecule has 0 spiro atoms. The summed E-state index contributed by atoms with van der Waals surface area (Å²) in [4.78, 5) is 22.6. The maximum atomic E-state index is 12.9. The molecular formula is C20H19ClF3N5O2. The summed E-state index contributed by atoms with van der Waals surface area (Å²) >= 11 is 5.71. The van der Waals surface area contributed by atoms with Crippen LogP contribution in [0.3, 0.4) is 0 Å². The van der Waals surface area contributed by atoms with E-state index in [9.17, 15) is 23.1 Å². The molecule has 11 heteroatoms. The number of fused-ring (bicyclic) bond motifs is 2. The highest BCUT2D eigenvalue weighted by Gasteiger charge is 2.45. The van der Waals surface area contributed by atoms with Gasteiger partial charge in [-0.25, -0.2) is 14.8 Å². The van der Waals surface area contributed by atoms with Crippen molar-refractivity contribution in [3.63, 3.8) is 0 Å². The topological polar surface area (TPSA) is 81.6 Å². The van der Waals surface area contributed by atoms with E-state index in [4.69, 9.17) is 11.6 Å². The van der Waals surface area contributed by atoms with Crippen LogP contribution in [0, 0.1) is 0 Å². The molecule has 7 nitrogen and oxygen atoms in total. The Balaban J connectivity index is 1.38. The Morgan fingerprint density at radius 3 is 2.58 bits per heavy atom. The maximum absolute atomic E-state index is 12.9. The van der Waals surface area contributed by atoms with Crippen molar-refractivity contribution in [1.29, 1.82) is 0 Å². The standard InChI is InChI=1S/C20H19ClF3N5O2/c21-17-15(20(22,23)24)7-25-18(27-17)26-16-4-3-11(6-14(16)10-1-2-10)28-8-13-5-12(28)9-29(13)19(30)31/h3-4,6-7,10,12-13H,1-2,5,8-9H2,(H,30,31)(H,25,26,27). The third-order valence-electron chi connectivity index (χ3n) is 6.16. The van der Waals surface area contributed by atoms with E-state index in [1.54, 1.807) is 0 Å². The van der Waals surface area contributed by atoms with E-state index in [0.717, 1.165) is 36.2 Å². The van der Waals surface area contributed by atoms with Gasteiger partial charge in [-0.2, -0.15) is 13.2 Å². The number of anilines is 3. The second kappa shape index (κ2) is 7.15. The molecule has 3 fully saturated rings. The zero-order valence-corrected chi connectivity index (χ0v) is 17.0. The first-order valence-electron chi connectivity index (χ1n) is 9.97. The lowest BCUT2D eigenvalue weighted by Crippen LogP contribution is -2.48. The summed E-state index contributed by atoms with van der Waals surface area (Å²) in [5.41, 5.74) is 1.74. The molecule has 0 radical (unpaired) electrons. The first kappa shape index (κ1) is 20.2. The van der Waals surface area contributed by atoms with Crippen LogP contribution in [-0.4, -0.2) is 51.2 Å². The van der Waals surface area contributed by atoms with Crippen LogP contribution in [0.5, 0.6) is 0 Å². The van der Waals surface area contributed by atoms with Gasteiger partial charge >= 0.3 is 12.3 Å². The van der Waals surface area contributed by atoms with Gasteiger partial charge < -0.3 is 20.2 Å². The van der Waals surface area contributed by atoms with Crippen LogP contribution in [0.4, 0.5) is 35.3 Å². The Morgan fingerprint density at radius 2 is 2.00 bits per heavy atom. The lowest BCUT2D eigenvalue weighted by molar-refractivity contribution is -0.137. The lowest BCUT2D eigenvalue weighted by atomic mass is 10.1. The highest BCUT2D eigenvalue weighted by Crippen LogP contribution is 2.46. The zero-order chi connectivity index (χ0) is 21.9. The number of nitrogens with zero attached hydrogens (tertiary/aromatic N) is 4. The molecule has 2 saturated heterocycles. The molecular weight excluding hydrogens is 435 g/mol. The molecule has 1 aromatic heterocycles. The molecule has 2 aliphatic heterocycles. The number of hydrogen-bond acceptors (Lipinski definition) is 5. The van der Waals surface area contributed by atoms with Gasteiger partial charge in [-0.1, -0.05) is 11.6 Å². The van der Waals surface area contributed by atoms with Gasteiger partial charge in [0.1, 0.15) is 10.7 Å². The fraction of sp³-hybridized carbons (Fsp3) is 0.450. The number of likely N-dealkylation sites (tertiary alicyclic amines) is 1. The number of nitrogens with one attached hydrogen (secondary N) is 1. The fourth-order valence-electron chi connectivity index (χ4n) is 4.52. The average molecular weight is 454 g/mol. The predicted octanol–water partition coefficient (Wildman–Crippen LogP) is 4.71. The van der Waals surface area contributed by atoms with Crippen LogP contribution in [-0.2, 0) is 6.18 Å². The second-order valence-electron chi connectivity index (χ2n) is 8.20. The Morgan fingerprint density at radius 1 is 1.23 bits per heavy atom. The number of halogens is 4.